The number of benzene rings is 2. The number of likely N-dealkylation sites (tertiary alicyclic amines) is 1. The fourth-order valence-corrected chi connectivity index (χ4v) is 4.77. The molecule has 2 atom stereocenters. The van der Waals surface area contributed by atoms with E-state index in [2.05, 4.69) is 9.97 Å². The van der Waals surface area contributed by atoms with E-state index in [-0.39, 0.29) is 17.9 Å². The van der Waals surface area contributed by atoms with E-state index in [0.29, 0.717) is 30.5 Å². The van der Waals surface area contributed by atoms with Crippen molar-refractivity contribution in [3.8, 4) is 0 Å². The fourth-order valence-electron chi connectivity index (χ4n) is 4.77. The molecule has 0 unspecified atom stereocenters. The summed E-state index contributed by atoms with van der Waals surface area (Å²) in [5.41, 5.74) is 3.62. The van der Waals surface area contributed by atoms with Crippen molar-refractivity contribution in [1.29, 1.82) is 0 Å². The third kappa shape index (κ3) is 2.62. The number of imidazole rings is 1. The van der Waals surface area contributed by atoms with Gasteiger partial charge in [-0.3, -0.25) is 4.79 Å². The van der Waals surface area contributed by atoms with Gasteiger partial charge in [-0.2, -0.15) is 0 Å². The number of piperidine rings is 1. The summed E-state index contributed by atoms with van der Waals surface area (Å²) in [6.45, 7) is 0.675. The molecule has 1 aliphatic heterocycles. The number of nitrogens with one attached hydrogen (secondary N) is 1. The molecular weight excluding hydrogens is 348 g/mol. The van der Waals surface area contributed by atoms with Gasteiger partial charge >= 0.3 is 0 Å². The normalized spacial score (nSPS) is 21.8. The molecule has 27 heavy (non-hydrogen) atoms. The van der Waals surface area contributed by atoms with E-state index in [1.807, 2.05) is 17.0 Å². The van der Waals surface area contributed by atoms with E-state index in [1.165, 1.54) is 6.07 Å². The zero-order valence-electron chi connectivity index (χ0n) is 14.7. The third-order valence-corrected chi connectivity index (χ3v) is 5.99. The summed E-state index contributed by atoms with van der Waals surface area (Å²) in [4.78, 5) is 22.3. The minimum absolute atomic E-state index is 0.00691. The van der Waals surface area contributed by atoms with Gasteiger partial charge in [-0.05, 0) is 61.1 Å². The van der Waals surface area contributed by atoms with Crippen LogP contribution < -0.4 is 0 Å². The van der Waals surface area contributed by atoms with Crippen LogP contribution in [0.2, 0.25) is 0 Å². The molecule has 2 heterocycles. The number of aromatic nitrogens is 2. The molecule has 1 saturated heterocycles. The zero-order valence-corrected chi connectivity index (χ0v) is 14.7. The first-order valence-corrected chi connectivity index (χ1v) is 9.34. The van der Waals surface area contributed by atoms with Gasteiger partial charge in [-0.15, -0.1) is 0 Å². The van der Waals surface area contributed by atoms with E-state index >= 15 is 0 Å². The Hall–Kier alpha value is -2.76. The van der Waals surface area contributed by atoms with Gasteiger partial charge in [-0.1, -0.05) is 0 Å². The first-order valence-electron chi connectivity index (χ1n) is 9.34. The van der Waals surface area contributed by atoms with Crippen molar-refractivity contribution in [2.75, 3.05) is 6.54 Å². The highest BCUT2D eigenvalue weighted by Gasteiger charge is 2.39. The van der Waals surface area contributed by atoms with Crippen LogP contribution in [0.3, 0.4) is 0 Å². The van der Waals surface area contributed by atoms with E-state index in [9.17, 15) is 13.6 Å². The molecule has 2 aromatic carbocycles. The predicted molar refractivity (Wildman–Crippen MR) is 97.6 cm³/mol. The Kier molecular flexibility index (Phi) is 3.74. The Morgan fingerprint density at radius 1 is 1.19 bits per heavy atom. The van der Waals surface area contributed by atoms with Crippen molar-refractivity contribution in [3.05, 3.63) is 65.0 Å². The SMILES string of the molecule is O=C(c1ccc2nc[nH]c2c1)N1CCC[C@H]2c3cc(F)cc(F)c3CC[C@@H]21. The highest BCUT2D eigenvalue weighted by Crippen LogP contribution is 2.42. The number of hydrogen-bond acceptors (Lipinski definition) is 2. The number of aromatic amines is 1. The van der Waals surface area contributed by atoms with Crippen molar-refractivity contribution in [2.45, 2.75) is 37.6 Å². The van der Waals surface area contributed by atoms with E-state index in [0.717, 1.165) is 35.5 Å². The molecule has 6 heteroatoms. The predicted octanol–water partition coefficient (Wildman–Crippen LogP) is 4.18. The standard InChI is InChI=1S/C21H19F2N3O/c22-13-9-16-14(17(23)10-13)4-6-20-15(16)2-1-7-26(20)21(27)12-3-5-18-19(8-12)25-11-24-18/h3,5,8-11,15,20H,1-2,4,6-7H2,(H,24,25)/t15-,20-/m0/s1. The van der Waals surface area contributed by atoms with Crippen molar-refractivity contribution < 1.29 is 13.6 Å². The molecule has 0 spiro atoms. The second-order valence-corrected chi connectivity index (χ2v) is 7.44. The van der Waals surface area contributed by atoms with E-state index in [4.69, 9.17) is 0 Å². The molecule has 1 amide bonds. The smallest absolute Gasteiger partial charge is 0.254 e. The maximum Gasteiger partial charge on any atom is 0.254 e. The highest BCUT2D eigenvalue weighted by atomic mass is 19.1. The van der Waals surface area contributed by atoms with Crippen LogP contribution in [0.5, 0.6) is 0 Å². The summed E-state index contributed by atoms with van der Waals surface area (Å²) in [7, 11) is 0. The molecule has 1 fully saturated rings. The molecule has 0 bridgehead atoms. The number of carbonyl (C=O) groups excluding carboxylic acids is 1. The van der Waals surface area contributed by atoms with Gasteiger partial charge in [0.25, 0.3) is 5.91 Å². The summed E-state index contributed by atoms with van der Waals surface area (Å²) in [5.74, 6) is -1.04. The average Bonchev–Trinajstić information content (AvgIpc) is 3.14. The molecule has 0 saturated carbocycles. The Labute approximate surface area is 155 Å². The van der Waals surface area contributed by atoms with Crippen LogP contribution in [0.1, 0.15) is 46.7 Å². The molecular formula is C21H19F2N3O. The first kappa shape index (κ1) is 16.4. The number of H-pyrrole nitrogens is 1. The molecule has 3 aromatic rings. The molecule has 1 N–H and O–H groups in total. The quantitative estimate of drug-likeness (QED) is 0.702. The monoisotopic (exact) mass is 367 g/mol. The van der Waals surface area contributed by atoms with E-state index < -0.39 is 11.6 Å². The Balaban J connectivity index is 1.50. The van der Waals surface area contributed by atoms with Crippen molar-refractivity contribution in [3.63, 3.8) is 0 Å². The van der Waals surface area contributed by atoms with Crippen LogP contribution in [-0.2, 0) is 6.42 Å². The molecule has 5 rings (SSSR count). The zero-order chi connectivity index (χ0) is 18.5. The molecule has 4 nitrogen and oxygen atoms in total. The molecule has 1 aliphatic carbocycles. The maximum absolute atomic E-state index is 14.2. The third-order valence-electron chi connectivity index (χ3n) is 5.99. The van der Waals surface area contributed by atoms with Crippen LogP contribution in [0, 0.1) is 11.6 Å². The van der Waals surface area contributed by atoms with E-state index in [1.54, 1.807) is 12.4 Å². The lowest BCUT2D eigenvalue weighted by atomic mass is 9.74. The van der Waals surface area contributed by atoms with Gasteiger partial charge in [0.05, 0.1) is 17.4 Å². The summed E-state index contributed by atoms with van der Waals surface area (Å²) < 4.78 is 28.0. The van der Waals surface area contributed by atoms with Crippen molar-refractivity contribution in [1.82, 2.24) is 14.9 Å². The number of hydrogen-bond donors (Lipinski definition) is 1. The van der Waals surface area contributed by atoms with Gasteiger partial charge in [0, 0.05) is 30.1 Å². The maximum atomic E-state index is 14.2. The van der Waals surface area contributed by atoms with Gasteiger partial charge < -0.3 is 9.88 Å². The Morgan fingerprint density at radius 2 is 2.07 bits per heavy atom. The fraction of sp³-hybridized carbons (Fsp3) is 0.333. The topological polar surface area (TPSA) is 49.0 Å². The van der Waals surface area contributed by atoms with Crippen molar-refractivity contribution in [2.24, 2.45) is 0 Å². The Morgan fingerprint density at radius 3 is 2.96 bits per heavy atom. The lowest BCUT2D eigenvalue weighted by Gasteiger charge is -2.45. The lowest BCUT2D eigenvalue weighted by Crippen LogP contribution is -2.49. The summed E-state index contributed by atoms with van der Waals surface area (Å²) >= 11 is 0. The summed E-state index contributed by atoms with van der Waals surface area (Å²) in [6.07, 6.45) is 4.53. The summed E-state index contributed by atoms with van der Waals surface area (Å²) in [5, 5.41) is 0. The van der Waals surface area contributed by atoms with Crippen LogP contribution in [0.4, 0.5) is 8.78 Å². The van der Waals surface area contributed by atoms with Gasteiger partial charge in [0.1, 0.15) is 11.6 Å². The average molecular weight is 367 g/mol. The van der Waals surface area contributed by atoms with Crippen LogP contribution in [0.25, 0.3) is 11.0 Å². The molecule has 0 radical (unpaired) electrons. The van der Waals surface area contributed by atoms with Gasteiger partial charge in [0.15, 0.2) is 0 Å². The second-order valence-electron chi connectivity index (χ2n) is 7.44. The van der Waals surface area contributed by atoms with Gasteiger partial charge in [0.2, 0.25) is 0 Å². The second kappa shape index (κ2) is 6.15. The molecule has 1 aromatic heterocycles. The minimum atomic E-state index is -0.542. The minimum Gasteiger partial charge on any atom is -0.345 e. The van der Waals surface area contributed by atoms with Gasteiger partial charge in [-0.25, -0.2) is 13.8 Å². The number of amides is 1. The number of fused-ring (bicyclic) bond motifs is 4. The summed E-state index contributed by atoms with van der Waals surface area (Å²) in [6, 6.07) is 7.86. The number of rotatable bonds is 1. The lowest BCUT2D eigenvalue weighted by molar-refractivity contribution is 0.0545. The Bertz CT molecular complexity index is 1050. The number of carbonyl (C=O) groups is 1. The molecule has 2 aliphatic rings. The van der Waals surface area contributed by atoms with Crippen LogP contribution >= 0.6 is 0 Å². The molecule has 138 valence electrons. The first-order chi connectivity index (χ1) is 13.1. The highest BCUT2D eigenvalue weighted by molar-refractivity contribution is 5.97. The van der Waals surface area contributed by atoms with Crippen LogP contribution in [0.15, 0.2) is 36.7 Å². The number of halogens is 2. The van der Waals surface area contributed by atoms with Crippen LogP contribution in [-0.4, -0.2) is 33.4 Å². The number of nitrogens with zero attached hydrogens (tertiary/aromatic N) is 2. The van der Waals surface area contributed by atoms with Crippen molar-refractivity contribution >= 4 is 16.9 Å². The largest absolute Gasteiger partial charge is 0.345 e.